The first-order valence-electron chi connectivity index (χ1n) is 8.95. The van der Waals surface area contributed by atoms with Gasteiger partial charge in [0.05, 0.1) is 11.1 Å². The van der Waals surface area contributed by atoms with E-state index in [0.29, 0.717) is 16.9 Å². The van der Waals surface area contributed by atoms with Crippen molar-refractivity contribution in [2.75, 3.05) is 11.5 Å². The van der Waals surface area contributed by atoms with Gasteiger partial charge in [-0.2, -0.15) is 0 Å². The molecule has 3 amide bonds. The zero-order valence-electron chi connectivity index (χ0n) is 16.0. The summed E-state index contributed by atoms with van der Waals surface area (Å²) < 4.78 is 0. The average molecular weight is 408 g/mol. The van der Waals surface area contributed by atoms with Crippen molar-refractivity contribution >= 4 is 51.1 Å². The lowest BCUT2D eigenvalue weighted by Crippen LogP contribution is -2.48. The number of anilines is 1. The third kappa shape index (κ3) is 4.90. The molecule has 1 aliphatic rings. The third-order valence-electron chi connectivity index (χ3n) is 4.24. The molecule has 7 nitrogen and oxygen atoms in total. The Hall–Kier alpha value is -1.87. The Kier molecular flexibility index (Phi) is 5.62. The number of thioether (sulfide) groups is 1. The number of aryl methyl sites for hydroxylation is 1. The molecule has 0 saturated carbocycles. The summed E-state index contributed by atoms with van der Waals surface area (Å²) in [6, 6.07) is -0.510. The van der Waals surface area contributed by atoms with Gasteiger partial charge < -0.3 is 11.1 Å². The standard InChI is InChI=1S/C18H25N5O2S2/c1-9-5-6-10-11(7-9)27-15-13(10)14(19)21-17(22-15)26-8-12(24)20-16(25)23-18(2,3)4/h9H,5-8H2,1-4H3,(H2,19,21,22)(H2,20,23,24,25). The number of thiophene rings is 1. The summed E-state index contributed by atoms with van der Waals surface area (Å²) in [5.74, 6) is 0.797. The number of nitrogen functional groups attached to an aromatic ring is 1. The molecule has 0 radical (unpaired) electrons. The first-order valence-corrected chi connectivity index (χ1v) is 10.7. The van der Waals surface area contributed by atoms with Crippen LogP contribution in [0.15, 0.2) is 5.16 Å². The van der Waals surface area contributed by atoms with Crippen LogP contribution in [0.2, 0.25) is 0 Å². The van der Waals surface area contributed by atoms with Gasteiger partial charge in [0.15, 0.2) is 5.16 Å². The Bertz CT molecular complexity index is 888. The summed E-state index contributed by atoms with van der Waals surface area (Å²) in [6.45, 7) is 7.80. The van der Waals surface area contributed by atoms with Gasteiger partial charge in [0.2, 0.25) is 5.91 Å². The molecule has 0 aromatic carbocycles. The number of fused-ring (bicyclic) bond motifs is 3. The highest BCUT2D eigenvalue weighted by Crippen LogP contribution is 2.39. The van der Waals surface area contributed by atoms with Crippen molar-refractivity contribution in [2.45, 2.75) is 57.7 Å². The van der Waals surface area contributed by atoms with Crippen LogP contribution in [0.4, 0.5) is 10.6 Å². The molecule has 4 N–H and O–H groups in total. The van der Waals surface area contributed by atoms with E-state index in [1.54, 1.807) is 11.3 Å². The molecule has 0 spiro atoms. The smallest absolute Gasteiger partial charge is 0.321 e. The van der Waals surface area contributed by atoms with Gasteiger partial charge in [-0.15, -0.1) is 11.3 Å². The van der Waals surface area contributed by atoms with Gasteiger partial charge >= 0.3 is 6.03 Å². The van der Waals surface area contributed by atoms with Gasteiger partial charge in [0.25, 0.3) is 0 Å². The minimum Gasteiger partial charge on any atom is -0.383 e. The van der Waals surface area contributed by atoms with Gasteiger partial charge in [-0.1, -0.05) is 18.7 Å². The Morgan fingerprint density at radius 2 is 2.07 bits per heavy atom. The third-order valence-corrected chi connectivity index (χ3v) is 6.23. The van der Waals surface area contributed by atoms with Crippen molar-refractivity contribution < 1.29 is 9.59 Å². The zero-order valence-corrected chi connectivity index (χ0v) is 17.6. The Labute approximate surface area is 166 Å². The van der Waals surface area contributed by atoms with E-state index in [-0.39, 0.29) is 5.75 Å². The maximum Gasteiger partial charge on any atom is 0.321 e. The van der Waals surface area contributed by atoms with E-state index in [1.165, 1.54) is 22.2 Å². The molecule has 2 heterocycles. The summed E-state index contributed by atoms with van der Waals surface area (Å²) in [5.41, 5.74) is 7.08. The monoisotopic (exact) mass is 407 g/mol. The summed E-state index contributed by atoms with van der Waals surface area (Å²) in [4.78, 5) is 34.9. The van der Waals surface area contributed by atoms with Gasteiger partial charge in [0.1, 0.15) is 10.6 Å². The molecule has 1 unspecified atom stereocenters. The van der Waals surface area contributed by atoms with Crippen LogP contribution in [-0.4, -0.2) is 33.2 Å². The lowest BCUT2D eigenvalue weighted by atomic mass is 9.89. The number of carbonyl (C=O) groups is 2. The van der Waals surface area contributed by atoms with E-state index in [2.05, 4.69) is 27.5 Å². The molecule has 0 bridgehead atoms. The molecule has 1 aliphatic carbocycles. The first-order chi connectivity index (χ1) is 12.6. The van der Waals surface area contributed by atoms with Crippen molar-refractivity contribution in [3.05, 3.63) is 10.4 Å². The summed E-state index contributed by atoms with van der Waals surface area (Å²) in [5, 5.41) is 6.42. The molecule has 2 aromatic rings. The molecular formula is C18H25N5O2S2. The van der Waals surface area contributed by atoms with Crippen molar-refractivity contribution in [3.63, 3.8) is 0 Å². The van der Waals surface area contributed by atoms with Gasteiger partial charge in [0, 0.05) is 10.4 Å². The van der Waals surface area contributed by atoms with Crippen LogP contribution in [0.25, 0.3) is 10.2 Å². The number of carbonyl (C=O) groups excluding carboxylic acids is 2. The van der Waals surface area contributed by atoms with Gasteiger partial charge in [-0.25, -0.2) is 14.8 Å². The average Bonchev–Trinajstić information content (AvgIpc) is 2.88. The topological polar surface area (TPSA) is 110 Å². The number of amides is 3. The second-order valence-corrected chi connectivity index (χ2v) is 9.99. The van der Waals surface area contributed by atoms with E-state index < -0.39 is 17.5 Å². The first kappa shape index (κ1) is 19.9. The summed E-state index contributed by atoms with van der Waals surface area (Å²) >= 11 is 2.85. The van der Waals surface area contributed by atoms with Crippen molar-refractivity contribution in [1.82, 2.24) is 20.6 Å². The second kappa shape index (κ2) is 7.63. The summed E-state index contributed by atoms with van der Waals surface area (Å²) in [6.07, 6.45) is 3.23. The SMILES string of the molecule is CC1CCc2c(sc3nc(SCC(=O)NC(=O)NC(C)(C)C)nc(N)c23)C1. The molecule has 0 fully saturated rings. The van der Waals surface area contributed by atoms with Crippen LogP contribution in [0.5, 0.6) is 0 Å². The normalized spacial score (nSPS) is 16.8. The van der Waals surface area contributed by atoms with E-state index >= 15 is 0 Å². The molecule has 9 heteroatoms. The van der Waals surface area contributed by atoms with Crippen LogP contribution in [0.3, 0.4) is 0 Å². The van der Waals surface area contributed by atoms with E-state index in [4.69, 9.17) is 5.73 Å². The maximum absolute atomic E-state index is 12.0. The lowest BCUT2D eigenvalue weighted by Gasteiger charge is -2.20. The van der Waals surface area contributed by atoms with E-state index in [9.17, 15) is 9.59 Å². The summed E-state index contributed by atoms with van der Waals surface area (Å²) in [7, 11) is 0. The fourth-order valence-electron chi connectivity index (χ4n) is 3.08. The number of hydrogen-bond acceptors (Lipinski definition) is 7. The van der Waals surface area contributed by atoms with E-state index in [0.717, 1.165) is 29.5 Å². The number of nitrogens with two attached hydrogens (primary N) is 1. The van der Waals surface area contributed by atoms with Crippen LogP contribution in [0, 0.1) is 5.92 Å². The van der Waals surface area contributed by atoms with Crippen LogP contribution < -0.4 is 16.4 Å². The highest BCUT2D eigenvalue weighted by molar-refractivity contribution is 7.99. The number of hydrogen-bond donors (Lipinski definition) is 3. The predicted octanol–water partition coefficient (Wildman–Crippen LogP) is 3.11. The molecule has 0 saturated heterocycles. The van der Waals surface area contributed by atoms with Crippen LogP contribution in [0.1, 0.15) is 44.6 Å². The largest absolute Gasteiger partial charge is 0.383 e. The van der Waals surface area contributed by atoms with Gasteiger partial charge in [-0.05, 0) is 51.5 Å². The van der Waals surface area contributed by atoms with Gasteiger partial charge in [-0.3, -0.25) is 10.1 Å². The minimum atomic E-state index is -0.510. The Balaban J connectivity index is 1.67. The highest BCUT2D eigenvalue weighted by Gasteiger charge is 2.23. The van der Waals surface area contributed by atoms with Crippen molar-refractivity contribution in [3.8, 4) is 0 Å². The number of rotatable bonds is 3. The number of nitrogens with zero attached hydrogens (tertiary/aromatic N) is 2. The highest BCUT2D eigenvalue weighted by atomic mass is 32.2. The quantitative estimate of drug-likeness (QED) is 0.533. The molecule has 146 valence electrons. The van der Waals surface area contributed by atoms with Crippen LogP contribution in [-0.2, 0) is 17.6 Å². The number of nitrogens with one attached hydrogen (secondary N) is 2. The van der Waals surface area contributed by atoms with E-state index in [1.807, 2.05) is 20.8 Å². The lowest BCUT2D eigenvalue weighted by molar-refractivity contribution is -0.117. The molecule has 1 atom stereocenters. The molecule has 27 heavy (non-hydrogen) atoms. The second-order valence-electron chi connectivity index (χ2n) is 7.96. The minimum absolute atomic E-state index is 0.0463. The van der Waals surface area contributed by atoms with Crippen molar-refractivity contribution in [1.29, 1.82) is 0 Å². The number of urea groups is 1. The molecular weight excluding hydrogens is 382 g/mol. The Morgan fingerprint density at radius 1 is 1.33 bits per heavy atom. The predicted molar refractivity (Wildman–Crippen MR) is 110 cm³/mol. The molecule has 0 aliphatic heterocycles. The van der Waals surface area contributed by atoms with Crippen LogP contribution >= 0.6 is 23.1 Å². The number of aromatic nitrogens is 2. The number of imide groups is 1. The molecule has 2 aromatic heterocycles. The fourth-order valence-corrected chi connectivity index (χ4v) is 5.18. The fraction of sp³-hybridized carbons (Fsp3) is 0.556. The van der Waals surface area contributed by atoms with Crippen molar-refractivity contribution in [2.24, 2.45) is 5.92 Å². The molecule has 3 rings (SSSR count). The zero-order chi connectivity index (χ0) is 19.8. The Morgan fingerprint density at radius 3 is 2.78 bits per heavy atom. The maximum atomic E-state index is 12.0.